The molecule has 1 aromatic carbocycles. The number of pyridine rings is 1. The summed E-state index contributed by atoms with van der Waals surface area (Å²) >= 11 is 5.92. The molecule has 0 spiro atoms. The first-order valence-electron chi connectivity index (χ1n) is 7.90. The molecule has 1 amide bonds. The summed E-state index contributed by atoms with van der Waals surface area (Å²) in [6.07, 6.45) is 4.27. The van der Waals surface area contributed by atoms with Crippen molar-refractivity contribution in [3.05, 3.63) is 53.3 Å². The van der Waals surface area contributed by atoms with Gasteiger partial charge in [-0.15, -0.1) is 0 Å². The normalized spacial score (nSPS) is 17.8. The first-order valence-corrected chi connectivity index (χ1v) is 8.27. The Bertz CT molecular complexity index is 687. The van der Waals surface area contributed by atoms with Crippen molar-refractivity contribution in [2.24, 2.45) is 5.92 Å². The maximum absolute atomic E-state index is 12.2. The Morgan fingerprint density at radius 3 is 2.91 bits per heavy atom. The fraction of sp³-hybridized carbons (Fsp3) is 0.333. The van der Waals surface area contributed by atoms with Gasteiger partial charge in [0.15, 0.2) is 0 Å². The second-order valence-electron chi connectivity index (χ2n) is 6.06. The van der Waals surface area contributed by atoms with Crippen LogP contribution in [0.1, 0.15) is 30.3 Å². The first kappa shape index (κ1) is 15.8. The number of amides is 1. The highest BCUT2D eigenvalue weighted by Gasteiger charge is 2.17. The topological polar surface area (TPSA) is 45.2 Å². The predicted octanol–water partition coefficient (Wildman–Crippen LogP) is 4.22. The highest BCUT2D eigenvalue weighted by Crippen LogP contribution is 2.22. The summed E-state index contributed by atoms with van der Waals surface area (Å²) in [4.78, 5) is 18.9. The van der Waals surface area contributed by atoms with Gasteiger partial charge in [0.1, 0.15) is 5.69 Å². The number of hydrogen-bond acceptors (Lipinski definition) is 3. The summed E-state index contributed by atoms with van der Waals surface area (Å²) in [5.41, 5.74) is 2.15. The fourth-order valence-electron chi connectivity index (χ4n) is 2.89. The summed E-state index contributed by atoms with van der Waals surface area (Å²) < 4.78 is 0. The van der Waals surface area contributed by atoms with E-state index >= 15 is 0 Å². The van der Waals surface area contributed by atoms with Gasteiger partial charge in [0.25, 0.3) is 5.91 Å². The van der Waals surface area contributed by atoms with Crippen molar-refractivity contribution in [2.45, 2.75) is 19.8 Å². The van der Waals surface area contributed by atoms with E-state index in [-0.39, 0.29) is 5.91 Å². The molecule has 2 heterocycles. The maximum Gasteiger partial charge on any atom is 0.274 e. The molecule has 0 saturated carbocycles. The zero-order chi connectivity index (χ0) is 16.2. The van der Waals surface area contributed by atoms with Gasteiger partial charge in [-0.05, 0) is 49.1 Å². The van der Waals surface area contributed by atoms with Gasteiger partial charge in [-0.1, -0.05) is 24.6 Å². The van der Waals surface area contributed by atoms with Crippen LogP contribution in [0.5, 0.6) is 0 Å². The standard InChI is InChI=1S/C18H20ClN3O/c1-13-4-3-9-22(12-13)16-7-8-17(20-11-16)18(23)21-15-6-2-5-14(19)10-15/h2,5-8,10-11,13H,3-4,9,12H2,1H3,(H,21,23). The minimum atomic E-state index is -0.231. The monoisotopic (exact) mass is 329 g/mol. The van der Waals surface area contributed by atoms with Crippen molar-refractivity contribution in [2.75, 3.05) is 23.3 Å². The highest BCUT2D eigenvalue weighted by molar-refractivity contribution is 6.30. The Balaban J connectivity index is 1.68. The SMILES string of the molecule is CC1CCCN(c2ccc(C(=O)Nc3cccc(Cl)c3)nc2)C1. The molecule has 2 aromatic rings. The molecular formula is C18H20ClN3O. The zero-order valence-corrected chi connectivity index (χ0v) is 13.9. The quantitative estimate of drug-likeness (QED) is 0.916. The van der Waals surface area contributed by atoms with E-state index in [1.54, 1.807) is 36.5 Å². The summed E-state index contributed by atoms with van der Waals surface area (Å²) in [7, 11) is 0. The number of halogens is 1. The van der Waals surface area contributed by atoms with Gasteiger partial charge in [0, 0.05) is 23.8 Å². The molecule has 5 heteroatoms. The van der Waals surface area contributed by atoms with Crippen LogP contribution in [0.2, 0.25) is 5.02 Å². The van der Waals surface area contributed by atoms with Crippen LogP contribution in [-0.2, 0) is 0 Å². The first-order chi connectivity index (χ1) is 11.1. The Labute approximate surface area is 141 Å². The van der Waals surface area contributed by atoms with E-state index in [4.69, 9.17) is 11.6 Å². The van der Waals surface area contributed by atoms with Crippen LogP contribution in [0.25, 0.3) is 0 Å². The predicted molar refractivity (Wildman–Crippen MR) is 94.3 cm³/mol. The molecule has 120 valence electrons. The smallest absolute Gasteiger partial charge is 0.274 e. The number of anilines is 2. The third-order valence-electron chi connectivity index (χ3n) is 4.09. The molecule has 0 aliphatic carbocycles. The van der Waals surface area contributed by atoms with Crippen molar-refractivity contribution in [3.8, 4) is 0 Å². The molecule has 1 N–H and O–H groups in total. The Kier molecular flexibility index (Phi) is 4.82. The minimum Gasteiger partial charge on any atom is -0.370 e. The average Bonchev–Trinajstić information content (AvgIpc) is 2.55. The summed E-state index contributed by atoms with van der Waals surface area (Å²) in [6, 6.07) is 10.8. The van der Waals surface area contributed by atoms with E-state index in [1.165, 1.54) is 12.8 Å². The van der Waals surface area contributed by atoms with Gasteiger partial charge in [-0.3, -0.25) is 4.79 Å². The maximum atomic E-state index is 12.2. The van der Waals surface area contributed by atoms with Crippen LogP contribution in [0.4, 0.5) is 11.4 Å². The lowest BCUT2D eigenvalue weighted by Crippen LogP contribution is -2.34. The van der Waals surface area contributed by atoms with Gasteiger partial charge < -0.3 is 10.2 Å². The number of rotatable bonds is 3. The third kappa shape index (κ3) is 4.02. The van der Waals surface area contributed by atoms with Crippen LogP contribution >= 0.6 is 11.6 Å². The highest BCUT2D eigenvalue weighted by atomic mass is 35.5. The number of carbonyl (C=O) groups is 1. The number of carbonyl (C=O) groups excluding carboxylic acids is 1. The summed E-state index contributed by atoms with van der Waals surface area (Å²) in [6.45, 7) is 4.38. The fourth-order valence-corrected chi connectivity index (χ4v) is 3.08. The van der Waals surface area contributed by atoms with Crippen LogP contribution in [0.15, 0.2) is 42.6 Å². The Hall–Kier alpha value is -2.07. The van der Waals surface area contributed by atoms with E-state index in [0.717, 1.165) is 18.8 Å². The van der Waals surface area contributed by atoms with Crippen LogP contribution in [0.3, 0.4) is 0 Å². The van der Waals surface area contributed by atoms with Gasteiger partial charge in [-0.2, -0.15) is 0 Å². The number of aromatic nitrogens is 1. The van der Waals surface area contributed by atoms with Crippen LogP contribution in [-0.4, -0.2) is 24.0 Å². The van der Waals surface area contributed by atoms with E-state index in [9.17, 15) is 4.79 Å². The van der Waals surface area contributed by atoms with Crippen molar-refractivity contribution < 1.29 is 4.79 Å². The molecule has 1 atom stereocenters. The van der Waals surface area contributed by atoms with Crippen molar-refractivity contribution in [3.63, 3.8) is 0 Å². The molecular weight excluding hydrogens is 310 g/mol. The van der Waals surface area contributed by atoms with Crippen molar-refractivity contribution in [1.29, 1.82) is 0 Å². The lowest BCUT2D eigenvalue weighted by Gasteiger charge is -2.32. The zero-order valence-electron chi connectivity index (χ0n) is 13.1. The molecule has 23 heavy (non-hydrogen) atoms. The molecule has 1 aromatic heterocycles. The number of hydrogen-bond donors (Lipinski definition) is 1. The second kappa shape index (κ2) is 7.01. The largest absolute Gasteiger partial charge is 0.370 e. The second-order valence-corrected chi connectivity index (χ2v) is 6.50. The number of benzene rings is 1. The number of nitrogens with zero attached hydrogens (tertiary/aromatic N) is 2. The minimum absolute atomic E-state index is 0.231. The molecule has 3 rings (SSSR count). The molecule has 1 fully saturated rings. The van der Waals surface area contributed by atoms with Gasteiger partial charge in [0.05, 0.1) is 11.9 Å². The average molecular weight is 330 g/mol. The molecule has 1 aliphatic rings. The Morgan fingerprint density at radius 2 is 2.22 bits per heavy atom. The number of piperidine rings is 1. The van der Waals surface area contributed by atoms with Crippen molar-refractivity contribution >= 4 is 28.9 Å². The van der Waals surface area contributed by atoms with Gasteiger partial charge in [0.2, 0.25) is 0 Å². The lowest BCUT2D eigenvalue weighted by molar-refractivity contribution is 0.102. The molecule has 1 aliphatic heterocycles. The van der Waals surface area contributed by atoms with E-state index in [1.807, 2.05) is 6.07 Å². The molecule has 1 unspecified atom stereocenters. The molecule has 0 bridgehead atoms. The van der Waals surface area contributed by atoms with Crippen molar-refractivity contribution in [1.82, 2.24) is 4.98 Å². The summed E-state index contributed by atoms with van der Waals surface area (Å²) in [5, 5.41) is 3.39. The number of nitrogens with one attached hydrogen (secondary N) is 1. The van der Waals surface area contributed by atoms with Crippen LogP contribution in [0, 0.1) is 5.92 Å². The van der Waals surface area contributed by atoms with Crippen LogP contribution < -0.4 is 10.2 Å². The van der Waals surface area contributed by atoms with Gasteiger partial charge >= 0.3 is 0 Å². The lowest BCUT2D eigenvalue weighted by atomic mass is 10.00. The summed E-state index contributed by atoms with van der Waals surface area (Å²) in [5.74, 6) is 0.473. The Morgan fingerprint density at radius 1 is 1.35 bits per heavy atom. The molecule has 0 radical (unpaired) electrons. The van der Waals surface area contributed by atoms with E-state index in [0.29, 0.717) is 22.3 Å². The van der Waals surface area contributed by atoms with E-state index < -0.39 is 0 Å². The molecule has 4 nitrogen and oxygen atoms in total. The molecule has 1 saturated heterocycles. The van der Waals surface area contributed by atoms with Gasteiger partial charge in [-0.25, -0.2) is 4.98 Å². The van der Waals surface area contributed by atoms with E-state index in [2.05, 4.69) is 22.1 Å². The third-order valence-corrected chi connectivity index (χ3v) is 4.32.